The van der Waals surface area contributed by atoms with Gasteiger partial charge in [-0.3, -0.25) is 9.69 Å². The fraction of sp³-hybridized carbons (Fsp3) is 0.533. The van der Waals surface area contributed by atoms with Crippen LogP contribution < -0.4 is 0 Å². The molecular weight excluding hydrogens is 667 g/mol. The molecule has 0 aliphatic heterocycles. The van der Waals surface area contributed by atoms with Crippen LogP contribution in [0.25, 0.3) is 0 Å². The van der Waals surface area contributed by atoms with Gasteiger partial charge in [0, 0.05) is 46.3 Å². The average Bonchev–Trinajstić information content (AvgIpc) is 3.68. The van der Waals surface area contributed by atoms with Crippen molar-refractivity contribution in [1.29, 1.82) is 0 Å². The molecule has 2 spiro atoms. The Morgan fingerprint density at radius 1 is 0.904 bits per heavy atom. The first-order valence-electron chi connectivity index (χ1n) is 19.4. The Bertz CT molecular complexity index is 1840. The van der Waals surface area contributed by atoms with E-state index in [-0.39, 0.29) is 41.2 Å². The fourth-order valence-electron chi connectivity index (χ4n) is 11.9. The maximum absolute atomic E-state index is 14.8. The lowest BCUT2D eigenvalue weighted by Gasteiger charge is -2.71. The number of ketones is 1. The van der Waals surface area contributed by atoms with Crippen LogP contribution in [-0.4, -0.2) is 63.5 Å². The van der Waals surface area contributed by atoms with Crippen molar-refractivity contribution in [3.8, 4) is 0 Å². The number of fused-ring (bicyclic) bond motifs is 1. The minimum atomic E-state index is -1.02. The molecule has 3 N–H and O–H groups in total. The number of aliphatic hydroxyl groups excluding tert-OH is 2. The summed E-state index contributed by atoms with van der Waals surface area (Å²) in [6.45, 7) is 8.85. The minimum absolute atomic E-state index is 0.0681. The number of ether oxygens (including phenoxy) is 1. The van der Waals surface area contributed by atoms with Gasteiger partial charge in [0.25, 0.3) is 0 Å². The van der Waals surface area contributed by atoms with E-state index in [0.29, 0.717) is 39.1 Å². The number of Topliss-reactive ketones (excluding diaryl/α,β-unsaturated/α-hetero) is 1. The molecule has 1 unspecified atom stereocenters. The number of carbonyl (C=O) groups is 1. The summed E-state index contributed by atoms with van der Waals surface area (Å²) in [4.78, 5) is 18.9. The molecule has 52 heavy (non-hydrogen) atoms. The number of benzene rings is 2. The van der Waals surface area contributed by atoms with Gasteiger partial charge in [0.1, 0.15) is 0 Å². The van der Waals surface area contributed by atoms with Crippen LogP contribution in [0.5, 0.6) is 0 Å². The lowest BCUT2D eigenvalue weighted by Crippen LogP contribution is -2.67. The summed E-state index contributed by atoms with van der Waals surface area (Å²) in [5, 5.41) is 35.4. The smallest absolute Gasteiger partial charge is 0.199 e. The van der Waals surface area contributed by atoms with Gasteiger partial charge in [0.2, 0.25) is 0 Å². The number of nitrogens with zero attached hydrogens (tertiary/aromatic N) is 1. The molecule has 0 radical (unpaired) electrons. The van der Waals surface area contributed by atoms with Crippen molar-refractivity contribution < 1.29 is 24.9 Å². The van der Waals surface area contributed by atoms with Crippen molar-refractivity contribution in [3.63, 3.8) is 0 Å². The molecule has 2 bridgehead atoms. The third-order valence-corrected chi connectivity index (χ3v) is 15.5. The first-order chi connectivity index (χ1) is 24.9. The Labute approximate surface area is 313 Å². The van der Waals surface area contributed by atoms with Gasteiger partial charge in [-0.05, 0) is 92.4 Å². The van der Waals surface area contributed by atoms with Crippen molar-refractivity contribution in [2.75, 3.05) is 19.7 Å². The van der Waals surface area contributed by atoms with E-state index < -0.39 is 22.5 Å². The zero-order valence-corrected chi connectivity index (χ0v) is 31.8. The molecule has 3 aromatic rings. The number of aryl methyl sites for hydroxylation is 1. The molecule has 9 rings (SSSR count). The number of thiophene rings is 1. The summed E-state index contributed by atoms with van der Waals surface area (Å²) < 4.78 is 5.96. The van der Waals surface area contributed by atoms with Gasteiger partial charge in [0.15, 0.2) is 5.78 Å². The maximum atomic E-state index is 14.8. The van der Waals surface area contributed by atoms with Crippen molar-refractivity contribution in [3.05, 3.63) is 117 Å². The van der Waals surface area contributed by atoms with Crippen molar-refractivity contribution in [2.24, 2.45) is 33.5 Å². The zero-order chi connectivity index (χ0) is 36.4. The molecule has 2 aromatic carbocycles. The molecule has 0 saturated heterocycles. The van der Waals surface area contributed by atoms with Crippen LogP contribution in [0, 0.1) is 40.4 Å². The highest BCUT2D eigenvalue weighted by Gasteiger charge is 2.74. The topological polar surface area (TPSA) is 90.2 Å². The van der Waals surface area contributed by atoms with E-state index in [2.05, 4.69) is 56.0 Å². The van der Waals surface area contributed by atoms with E-state index in [9.17, 15) is 20.1 Å². The number of hydrogen-bond donors (Lipinski definition) is 3. The van der Waals surface area contributed by atoms with E-state index in [4.69, 9.17) is 4.74 Å². The predicted octanol–water partition coefficient (Wildman–Crippen LogP) is 7.91. The van der Waals surface area contributed by atoms with Gasteiger partial charge in [-0.25, -0.2) is 0 Å². The largest absolute Gasteiger partial charge is 0.393 e. The van der Waals surface area contributed by atoms with E-state index in [1.54, 1.807) is 11.3 Å². The molecule has 9 atom stereocenters. The summed E-state index contributed by atoms with van der Waals surface area (Å²) in [7, 11) is 0. The van der Waals surface area contributed by atoms with Crippen LogP contribution in [-0.2, 0) is 17.9 Å². The van der Waals surface area contributed by atoms with Gasteiger partial charge in [-0.2, -0.15) is 0 Å². The van der Waals surface area contributed by atoms with Gasteiger partial charge in [-0.15, -0.1) is 11.3 Å². The zero-order valence-electron chi connectivity index (χ0n) is 31.0. The number of allylic oxidation sites excluding steroid dienone is 4. The summed E-state index contributed by atoms with van der Waals surface area (Å²) in [5.74, 6) is 0.459. The van der Waals surface area contributed by atoms with Gasteiger partial charge >= 0.3 is 0 Å². The molecule has 0 amide bonds. The van der Waals surface area contributed by atoms with Crippen LogP contribution in [0.4, 0.5) is 0 Å². The second kappa shape index (κ2) is 13.4. The van der Waals surface area contributed by atoms with Crippen LogP contribution in [0.1, 0.15) is 84.5 Å². The Morgan fingerprint density at radius 2 is 1.58 bits per heavy atom. The van der Waals surface area contributed by atoms with Crippen LogP contribution >= 0.6 is 11.3 Å². The summed E-state index contributed by atoms with van der Waals surface area (Å²) in [5.41, 5.74) is 0.739. The summed E-state index contributed by atoms with van der Waals surface area (Å²) >= 11 is 1.57. The fourth-order valence-corrected chi connectivity index (χ4v) is 12.7. The molecule has 7 heteroatoms. The first kappa shape index (κ1) is 36.1. The number of aliphatic hydroxyl groups is 3. The Balaban J connectivity index is 1.11. The van der Waals surface area contributed by atoms with E-state index in [0.717, 1.165) is 58.6 Å². The Hall–Kier alpha value is -2.91. The number of hydrogen-bond acceptors (Lipinski definition) is 7. The van der Waals surface area contributed by atoms with Gasteiger partial charge < -0.3 is 20.1 Å². The normalized spacial score (nSPS) is 36.6. The van der Waals surface area contributed by atoms with Crippen molar-refractivity contribution >= 4 is 17.1 Å². The van der Waals surface area contributed by atoms with Gasteiger partial charge in [-0.1, -0.05) is 92.7 Å². The van der Waals surface area contributed by atoms with E-state index in [1.807, 2.05) is 60.7 Å². The SMILES string of the molecule is Cc1ccc(C(=O)C2=C[C@@]34C=C[C@@]25[C@@H]2CC[C@@](O)(CN(Cc6ccccc6)C[C@@H](O)COCc6ccccc6)[C@@]2(C)CC[C@@H]5[C@@]3(C)CCC(O)C4)s1. The molecule has 3 saturated carbocycles. The molecule has 1 aromatic heterocycles. The summed E-state index contributed by atoms with van der Waals surface area (Å²) in [6, 6.07) is 24.3. The molecule has 3 fully saturated rings. The first-order valence-corrected chi connectivity index (χ1v) is 20.2. The third kappa shape index (κ3) is 5.73. The average molecular weight is 722 g/mol. The molecular formula is C45H55NO5S. The standard InChI is InChI=1S/C45H55NO5S/c1-31-14-15-37(52-31)40(49)36-25-43-22-23-45(36)38(41(43,2)19-16-34(47)24-43)17-20-42(3)39(45)18-21-44(42,50)30-46(26-32-10-6-4-7-11-32)27-35(48)29-51-28-33-12-8-5-9-13-33/h4-15,22-23,25,34-35,38-39,47-48,50H,16-21,24,26-30H2,1-3H3/t34?,35-,38-,39-,41-,42+,43+,44-,45-/m1/s1. The van der Waals surface area contributed by atoms with E-state index in [1.165, 1.54) is 0 Å². The minimum Gasteiger partial charge on any atom is -0.393 e. The quantitative estimate of drug-likeness (QED) is 0.130. The second-order valence-electron chi connectivity index (χ2n) is 17.4. The Kier molecular flexibility index (Phi) is 9.32. The van der Waals surface area contributed by atoms with Crippen molar-refractivity contribution in [2.45, 2.75) is 96.7 Å². The monoisotopic (exact) mass is 721 g/mol. The highest BCUT2D eigenvalue weighted by Crippen LogP contribution is 2.78. The van der Waals surface area contributed by atoms with Crippen LogP contribution in [0.2, 0.25) is 0 Å². The molecule has 276 valence electrons. The van der Waals surface area contributed by atoms with Crippen LogP contribution in [0.3, 0.4) is 0 Å². The van der Waals surface area contributed by atoms with Crippen molar-refractivity contribution in [1.82, 2.24) is 4.90 Å². The highest BCUT2D eigenvalue weighted by molar-refractivity contribution is 7.14. The third-order valence-electron chi connectivity index (χ3n) is 14.5. The highest BCUT2D eigenvalue weighted by atomic mass is 32.1. The Morgan fingerprint density at radius 3 is 2.29 bits per heavy atom. The molecule has 6 aliphatic rings. The lowest BCUT2D eigenvalue weighted by molar-refractivity contribution is -0.177. The predicted molar refractivity (Wildman–Crippen MR) is 206 cm³/mol. The summed E-state index contributed by atoms with van der Waals surface area (Å²) in [6.07, 6.45) is 11.6. The number of carbonyl (C=O) groups excluding carboxylic acids is 1. The molecule has 1 heterocycles. The van der Waals surface area contributed by atoms with E-state index >= 15 is 0 Å². The van der Waals surface area contributed by atoms with Crippen LogP contribution in [0.15, 0.2) is 96.6 Å². The second-order valence-corrected chi connectivity index (χ2v) is 18.6. The lowest BCUT2D eigenvalue weighted by atomic mass is 9.32. The maximum Gasteiger partial charge on any atom is 0.199 e. The number of rotatable bonds is 12. The van der Waals surface area contributed by atoms with Gasteiger partial charge in [0.05, 0.1) is 35.9 Å². The molecule has 6 aliphatic carbocycles. The molecule has 6 nitrogen and oxygen atoms in total.